The Hall–Kier alpha value is -0.530. The van der Waals surface area contributed by atoms with E-state index in [1.807, 2.05) is 0 Å². The predicted octanol–water partition coefficient (Wildman–Crippen LogP) is 1.56. The minimum atomic E-state index is 0.115. The molecule has 1 fully saturated rings. The number of carbonyl (C=O) groups excluding carboxylic acids is 1. The van der Waals surface area contributed by atoms with Crippen molar-refractivity contribution < 1.29 is 4.79 Å². The summed E-state index contributed by atoms with van der Waals surface area (Å²) in [5.74, 6) is 1.62. The smallest absolute Gasteiger partial charge is 0.217 e. The Labute approximate surface area is 68.4 Å². The van der Waals surface area contributed by atoms with Crippen LogP contribution in [0.2, 0.25) is 0 Å². The van der Waals surface area contributed by atoms with E-state index in [1.165, 1.54) is 12.8 Å². The zero-order valence-corrected chi connectivity index (χ0v) is 7.55. The van der Waals surface area contributed by atoms with Crippen LogP contribution in [-0.4, -0.2) is 11.9 Å². The molecule has 2 heteroatoms. The van der Waals surface area contributed by atoms with Gasteiger partial charge in [-0.05, 0) is 11.8 Å². The van der Waals surface area contributed by atoms with Gasteiger partial charge in [0, 0.05) is 13.0 Å². The van der Waals surface area contributed by atoms with Crippen LogP contribution in [0.4, 0.5) is 0 Å². The van der Waals surface area contributed by atoms with Crippen molar-refractivity contribution in [3.05, 3.63) is 0 Å². The second-order valence-electron chi connectivity index (χ2n) is 3.37. The largest absolute Gasteiger partial charge is 0.353 e. The summed E-state index contributed by atoms with van der Waals surface area (Å²) in [4.78, 5) is 10.7. The Morgan fingerprint density at radius 2 is 1.73 bits per heavy atom. The zero-order valence-electron chi connectivity index (χ0n) is 7.55. The summed E-state index contributed by atoms with van der Waals surface area (Å²) in [6, 6.07) is 0.488. The minimum Gasteiger partial charge on any atom is -0.353 e. The number of nitrogens with one attached hydrogen (secondary N) is 1. The fourth-order valence-corrected chi connectivity index (χ4v) is 2.01. The van der Waals surface area contributed by atoms with E-state index in [1.54, 1.807) is 6.92 Å². The fraction of sp³-hybridized carbons (Fsp3) is 0.889. The first-order valence-corrected chi connectivity index (χ1v) is 4.47. The second kappa shape index (κ2) is 3.24. The van der Waals surface area contributed by atoms with Crippen LogP contribution < -0.4 is 5.32 Å². The molecule has 2 atom stereocenters. The van der Waals surface area contributed by atoms with Crippen LogP contribution in [0.5, 0.6) is 0 Å². The number of hydrogen-bond donors (Lipinski definition) is 1. The lowest BCUT2D eigenvalue weighted by Crippen LogP contribution is -2.24. The first kappa shape index (κ1) is 8.57. The van der Waals surface area contributed by atoms with Gasteiger partial charge in [0.05, 0.1) is 0 Å². The fourth-order valence-electron chi connectivity index (χ4n) is 2.01. The Balaban J connectivity index is 2.32. The summed E-state index contributed by atoms with van der Waals surface area (Å²) < 4.78 is 0. The molecule has 0 saturated heterocycles. The topological polar surface area (TPSA) is 29.1 Å². The highest BCUT2D eigenvalue weighted by Crippen LogP contribution is 2.43. The Morgan fingerprint density at radius 3 is 2.00 bits per heavy atom. The average molecular weight is 155 g/mol. The van der Waals surface area contributed by atoms with E-state index in [4.69, 9.17) is 0 Å². The average Bonchev–Trinajstić information content (AvgIpc) is 2.60. The van der Waals surface area contributed by atoms with Gasteiger partial charge >= 0.3 is 0 Å². The lowest BCUT2D eigenvalue weighted by molar-refractivity contribution is -0.119. The van der Waals surface area contributed by atoms with Gasteiger partial charge in [0.15, 0.2) is 0 Å². The first-order valence-electron chi connectivity index (χ1n) is 4.47. The summed E-state index contributed by atoms with van der Waals surface area (Å²) in [6.07, 6.45) is 2.40. The highest BCUT2D eigenvalue weighted by Gasteiger charge is 2.47. The number of carbonyl (C=O) groups is 1. The molecule has 0 aromatic heterocycles. The third-order valence-electron chi connectivity index (χ3n) is 2.64. The van der Waals surface area contributed by atoms with E-state index in [2.05, 4.69) is 19.2 Å². The van der Waals surface area contributed by atoms with Gasteiger partial charge in [-0.15, -0.1) is 0 Å². The maximum Gasteiger partial charge on any atom is 0.217 e. The predicted molar refractivity (Wildman–Crippen MR) is 45.2 cm³/mol. The van der Waals surface area contributed by atoms with Gasteiger partial charge in [0.2, 0.25) is 5.91 Å². The van der Waals surface area contributed by atoms with Crippen molar-refractivity contribution in [2.24, 2.45) is 11.8 Å². The molecule has 1 aliphatic carbocycles. The summed E-state index contributed by atoms with van der Waals surface area (Å²) in [5, 5.41) is 2.98. The standard InChI is InChI=1S/C9H17NO/c1-4-7-8(5-2)9(7)10-6(3)11/h7-9H,4-5H2,1-3H3,(H,10,11). The van der Waals surface area contributed by atoms with E-state index in [0.717, 1.165) is 11.8 Å². The summed E-state index contributed by atoms with van der Waals surface area (Å²) in [6.45, 7) is 5.97. The maximum atomic E-state index is 10.7. The lowest BCUT2D eigenvalue weighted by Gasteiger charge is -1.97. The van der Waals surface area contributed by atoms with Crippen LogP contribution in [0.15, 0.2) is 0 Å². The molecule has 64 valence electrons. The number of amides is 1. The highest BCUT2D eigenvalue weighted by atomic mass is 16.1. The van der Waals surface area contributed by atoms with Gasteiger partial charge in [0.25, 0.3) is 0 Å². The molecule has 1 aliphatic rings. The first-order chi connectivity index (χ1) is 5.20. The molecule has 0 aliphatic heterocycles. The Morgan fingerprint density at radius 1 is 1.27 bits per heavy atom. The third kappa shape index (κ3) is 1.73. The molecule has 1 N–H and O–H groups in total. The van der Waals surface area contributed by atoms with Crippen LogP contribution in [0.1, 0.15) is 33.6 Å². The molecule has 1 rings (SSSR count). The normalized spacial score (nSPS) is 35.0. The van der Waals surface area contributed by atoms with Crippen molar-refractivity contribution in [2.45, 2.75) is 39.7 Å². The van der Waals surface area contributed by atoms with Crippen molar-refractivity contribution in [1.29, 1.82) is 0 Å². The molecule has 0 heterocycles. The zero-order chi connectivity index (χ0) is 8.43. The molecule has 1 saturated carbocycles. The van der Waals surface area contributed by atoms with Gasteiger partial charge in [-0.2, -0.15) is 0 Å². The van der Waals surface area contributed by atoms with Crippen LogP contribution in [0.25, 0.3) is 0 Å². The van der Waals surface area contributed by atoms with Crippen molar-refractivity contribution >= 4 is 5.91 Å². The van der Waals surface area contributed by atoms with E-state index < -0.39 is 0 Å². The SMILES string of the molecule is CCC1C(CC)C1NC(C)=O. The van der Waals surface area contributed by atoms with Gasteiger partial charge in [-0.1, -0.05) is 26.7 Å². The Kier molecular flexibility index (Phi) is 2.53. The van der Waals surface area contributed by atoms with Gasteiger partial charge in [0.1, 0.15) is 0 Å². The monoisotopic (exact) mass is 155 g/mol. The summed E-state index contributed by atoms with van der Waals surface area (Å²) in [7, 11) is 0. The molecular weight excluding hydrogens is 138 g/mol. The molecule has 0 spiro atoms. The van der Waals surface area contributed by atoms with E-state index >= 15 is 0 Å². The molecule has 0 aromatic rings. The van der Waals surface area contributed by atoms with E-state index in [-0.39, 0.29) is 5.91 Å². The molecular formula is C9H17NO. The van der Waals surface area contributed by atoms with Gasteiger partial charge in [-0.25, -0.2) is 0 Å². The van der Waals surface area contributed by atoms with Crippen LogP contribution >= 0.6 is 0 Å². The van der Waals surface area contributed by atoms with Crippen LogP contribution in [0, 0.1) is 11.8 Å². The number of rotatable bonds is 3. The van der Waals surface area contributed by atoms with Crippen molar-refractivity contribution in [3.63, 3.8) is 0 Å². The van der Waals surface area contributed by atoms with Gasteiger partial charge < -0.3 is 5.32 Å². The molecule has 2 unspecified atom stereocenters. The minimum absolute atomic E-state index is 0.115. The number of hydrogen-bond acceptors (Lipinski definition) is 1. The summed E-state index contributed by atoms with van der Waals surface area (Å²) in [5.41, 5.74) is 0. The summed E-state index contributed by atoms with van der Waals surface area (Å²) >= 11 is 0. The molecule has 0 aromatic carbocycles. The van der Waals surface area contributed by atoms with Crippen molar-refractivity contribution in [1.82, 2.24) is 5.32 Å². The Bertz CT molecular complexity index is 146. The molecule has 2 nitrogen and oxygen atoms in total. The molecule has 0 radical (unpaired) electrons. The highest BCUT2D eigenvalue weighted by molar-refractivity contribution is 5.73. The van der Waals surface area contributed by atoms with Crippen molar-refractivity contribution in [2.75, 3.05) is 0 Å². The molecule has 11 heavy (non-hydrogen) atoms. The van der Waals surface area contributed by atoms with E-state index in [9.17, 15) is 4.79 Å². The van der Waals surface area contributed by atoms with Crippen molar-refractivity contribution in [3.8, 4) is 0 Å². The van der Waals surface area contributed by atoms with E-state index in [0.29, 0.717) is 6.04 Å². The van der Waals surface area contributed by atoms with Crippen LogP contribution in [-0.2, 0) is 4.79 Å². The molecule has 1 amide bonds. The lowest BCUT2D eigenvalue weighted by atomic mass is 10.2. The quantitative estimate of drug-likeness (QED) is 0.658. The second-order valence-corrected chi connectivity index (χ2v) is 3.37. The third-order valence-corrected chi connectivity index (χ3v) is 2.64. The van der Waals surface area contributed by atoms with Crippen LogP contribution in [0.3, 0.4) is 0 Å². The van der Waals surface area contributed by atoms with Gasteiger partial charge in [-0.3, -0.25) is 4.79 Å². The maximum absolute atomic E-state index is 10.7. The molecule has 0 bridgehead atoms.